The molecule has 0 bridgehead atoms. The molecule has 4 rings (SSSR count). The van der Waals surface area contributed by atoms with E-state index in [0.717, 1.165) is 11.1 Å². The highest BCUT2D eigenvalue weighted by molar-refractivity contribution is 6.32. The lowest BCUT2D eigenvalue weighted by Gasteiger charge is -2.05. The van der Waals surface area contributed by atoms with Crippen molar-refractivity contribution in [2.75, 3.05) is 11.5 Å². The fourth-order valence-electron chi connectivity index (χ4n) is 2.72. The van der Waals surface area contributed by atoms with E-state index >= 15 is 0 Å². The summed E-state index contributed by atoms with van der Waals surface area (Å²) in [4.78, 5) is 0. The normalized spacial score (nSPS) is 9.28. The van der Waals surface area contributed by atoms with Gasteiger partial charge in [-0.3, -0.25) is 0 Å². The van der Waals surface area contributed by atoms with Crippen molar-refractivity contribution in [1.29, 1.82) is 10.5 Å². The molecular weight excluding hydrogens is 485 g/mol. The van der Waals surface area contributed by atoms with E-state index in [1.807, 2.05) is 6.07 Å². The third-order valence-electron chi connectivity index (χ3n) is 4.44. The molecule has 0 saturated heterocycles. The van der Waals surface area contributed by atoms with Crippen molar-refractivity contribution in [2.24, 2.45) is 0 Å². The molecule has 36 heavy (non-hydrogen) atoms. The van der Waals surface area contributed by atoms with Crippen molar-refractivity contribution in [1.82, 2.24) is 0 Å². The zero-order chi connectivity index (χ0) is 26.5. The quantitative estimate of drug-likeness (QED) is 0.251. The molecule has 0 amide bonds. The molecule has 0 aliphatic carbocycles. The third-order valence-corrected chi connectivity index (χ3v) is 4.75. The Morgan fingerprint density at radius 2 is 1.25 bits per heavy atom. The molecular formula is C26H19BClF2N4O2. The average Bonchev–Trinajstić information content (AvgIpc) is 2.87. The van der Waals surface area contributed by atoms with Gasteiger partial charge in [0, 0.05) is 16.9 Å². The van der Waals surface area contributed by atoms with Gasteiger partial charge in [0.2, 0.25) is 0 Å². The highest BCUT2D eigenvalue weighted by atomic mass is 35.5. The Kier molecular flexibility index (Phi) is 10.7. The molecule has 0 aromatic heterocycles. The van der Waals surface area contributed by atoms with E-state index in [1.165, 1.54) is 36.4 Å². The molecule has 4 aromatic rings. The summed E-state index contributed by atoms with van der Waals surface area (Å²) in [5, 5.41) is 25.9. The van der Waals surface area contributed by atoms with Crippen LogP contribution < -0.4 is 16.1 Å². The SMILES string of the molecule is N#Cc1ccc(N)cc1-c1ccc(F)cc1.N#Cc1ccc(N)cc1Cl.O[B]Oc1ccc(F)cc1. The van der Waals surface area contributed by atoms with Crippen LogP contribution in [0, 0.1) is 34.3 Å². The van der Waals surface area contributed by atoms with E-state index < -0.39 is 0 Å². The monoisotopic (exact) mass is 503 g/mol. The second kappa shape index (κ2) is 14.0. The van der Waals surface area contributed by atoms with Gasteiger partial charge in [0.1, 0.15) is 23.5 Å². The Bertz CT molecular complexity index is 1370. The van der Waals surface area contributed by atoms with Crippen molar-refractivity contribution in [3.63, 3.8) is 0 Å². The minimum atomic E-state index is -0.328. The summed E-state index contributed by atoms with van der Waals surface area (Å²) in [7, 11) is 0.549. The van der Waals surface area contributed by atoms with Gasteiger partial charge in [-0.2, -0.15) is 10.5 Å². The molecule has 0 heterocycles. The predicted octanol–water partition coefficient (Wildman–Crippen LogP) is 5.47. The number of benzene rings is 4. The van der Waals surface area contributed by atoms with Gasteiger partial charge in [-0.1, -0.05) is 23.7 Å². The summed E-state index contributed by atoms with van der Waals surface area (Å²) in [6, 6.07) is 25.2. The van der Waals surface area contributed by atoms with Crippen LogP contribution in [-0.4, -0.2) is 12.7 Å². The Balaban J connectivity index is 0.000000200. The number of nitriles is 2. The lowest BCUT2D eigenvalue weighted by molar-refractivity contribution is 0.453. The Morgan fingerprint density at radius 3 is 1.75 bits per heavy atom. The Labute approximate surface area is 212 Å². The van der Waals surface area contributed by atoms with Crippen molar-refractivity contribution in [3.8, 4) is 29.0 Å². The van der Waals surface area contributed by atoms with Gasteiger partial charge < -0.3 is 21.1 Å². The van der Waals surface area contributed by atoms with Crippen LogP contribution in [0.2, 0.25) is 5.02 Å². The lowest BCUT2D eigenvalue weighted by atomic mass is 10.00. The number of nitrogens with zero attached hydrogens (tertiary/aromatic N) is 2. The minimum absolute atomic E-state index is 0.300. The smallest absolute Gasteiger partial charge is 0.537 e. The van der Waals surface area contributed by atoms with E-state index in [0.29, 0.717) is 41.0 Å². The maximum Gasteiger partial charge on any atom is 0.569 e. The summed E-state index contributed by atoms with van der Waals surface area (Å²) < 4.78 is 29.5. The molecule has 0 unspecified atom stereocenters. The van der Waals surface area contributed by atoms with Crippen LogP contribution in [-0.2, 0) is 0 Å². The van der Waals surface area contributed by atoms with Crippen LogP contribution in [0.25, 0.3) is 11.1 Å². The number of hydrogen-bond donors (Lipinski definition) is 3. The molecule has 10 heteroatoms. The molecule has 4 aromatic carbocycles. The number of nitrogens with two attached hydrogens (primary N) is 2. The summed E-state index contributed by atoms with van der Waals surface area (Å²) in [6.07, 6.45) is 0. The van der Waals surface area contributed by atoms with Gasteiger partial charge in [-0.05, 0) is 78.4 Å². The molecule has 0 fully saturated rings. The largest absolute Gasteiger partial charge is 0.569 e. The van der Waals surface area contributed by atoms with Crippen LogP contribution >= 0.6 is 11.6 Å². The standard InChI is InChI=1S/C13H9FN2.C7H5ClN2.C6H5BFO2/c14-11-4-1-9(2-5-11)13-7-12(16)6-3-10(13)8-15;8-7-3-6(10)2-1-5(7)4-9;8-5-1-3-6(4-2-5)10-7-9/h1-7H,16H2;1-3H,10H2;1-4,9H. The van der Waals surface area contributed by atoms with Gasteiger partial charge >= 0.3 is 7.69 Å². The maximum absolute atomic E-state index is 12.8. The molecule has 0 spiro atoms. The predicted molar refractivity (Wildman–Crippen MR) is 137 cm³/mol. The summed E-state index contributed by atoms with van der Waals surface area (Å²) in [5.74, 6) is -0.222. The molecule has 0 atom stereocenters. The van der Waals surface area contributed by atoms with E-state index in [2.05, 4.69) is 10.7 Å². The van der Waals surface area contributed by atoms with Gasteiger partial charge in [0.15, 0.2) is 0 Å². The third kappa shape index (κ3) is 8.66. The zero-order valence-electron chi connectivity index (χ0n) is 18.7. The second-order valence-corrected chi connectivity index (χ2v) is 7.36. The van der Waals surface area contributed by atoms with E-state index in [4.69, 9.17) is 38.6 Å². The highest BCUT2D eigenvalue weighted by Gasteiger charge is 2.05. The minimum Gasteiger partial charge on any atom is -0.537 e. The first-order valence-corrected chi connectivity index (χ1v) is 10.5. The number of hydrogen-bond acceptors (Lipinski definition) is 6. The van der Waals surface area contributed by atoms with Crippen molar-refractivity contribution in [2.45, 2.75) is 0 Å². The summed E-state index contributed by atoms with van der Waals surface area (Å²) in [6.45, 7) is 0. The molecule has 6 nitrogen and oxygen atoms in total. The molecule has 179 valence electrons. The highest BCUT2D eigenvalue weighted by Crippen LogP contribution is 2.25. The van der Waals surface area contributed by atoms with Crippen LogP contribution in [0.15, 0.2) is 84.9 Å². The van der Waals surface area contributed by atoms with Crippen LogP contribution in [0.4, 0.5) is 20.2 Å². The van der Waals surface area contributed by atoms with Gasteiger partial charge in [0.05, 0.1) is 22.2 Å². The van der Waals surface area contributed by atoms with Crippen molar-refractivity contribution >= 4 is 30.7 Å². The lowest BCUT2D eigenvalue weighted by Crippen LogP contribution is -1.99. The molecule has 0 aliphatic heterocycles. The first-order valence-electron chi connectivity index (χ1n) is 10.2. The first-order chi connectivity index (χ1) is 17.3. The number of halogens is 3. The zero-order valence-corrected chi connectivity index (χ0v) is 19.5. The van der Waals surface area contributed by atoms with Gasteiger partial charge in [-0.25, -0.2) is 8.78 Å². The topological polar surface area (TPSA) is 129 Å². The van der Waals surface area contributed by atoms with Crippen LogP contribution in [0.3, 0.4) is 0 Å². The van der Waals surface area contributed by atoms with Gasteiger partial charge in [0.25, 0.3) is 0 Å². The maximum atomic E-state index is 12.8. The number of nitrogen functional groups attached to an aromatic ring is 2. The molecule has 0 saturated carbocycles. The number of rotatable bonds is 3. The molecule has 5 N–H and O–H groups in total. The first kappa shape index (κ1) is 27.7. The van der Waals surface area contributed by atoms with Gasteiger partial charge in [-0.15, -0.1) is 0 Å². The van der Waals surface area contributed by atoms with Crippen LogP contribution in [0.1, 0.15) is 11.1 Å². The number of anilines is 2. The summed E-state index contributed by atoms with van der Waals surface area (Å²) in [5.41, 5.74) is 14.7. The average molecular weight is 504 g/mol. The van der Waals surface area contributed by atoms with E-state index in [1.54, 1.807) is 48.5 Å². The Hall–Kier alpha value is -4.57. The molecule has 0 aliphatic rings. The fourth-order valence-corrected chi connectivity index (χ4v) is 2.95. The second-order valence-electron chi connectivity index (χ2n) is 6.95. The van der Waals surface area contributed by atoms with Crippen LogP contribution in [0.5, 0.6) is 5.75 Å². The Morgan fingerprint density at radius 1 is 0.750 bits per heavy atom. The van der Waals surface area contributed by atoms with E-state index in [9.17, 15) is 8.78 Å². The van der Waals surface area contributed by atoms with Crippen molar-refractivity contribution < 1.29 is 18.5 Å². The fraction of sp³-hybridized carbons (Fsp3) is 0. The summed E-state index contributed by atoms with van der Waals surface area (Å²) >= 11 is 5.63. The van der Waals surface area contributed by atoms with Crippen molar-refractivity contribution in [3.05, 3.63) is 113 Å². The molecule has 1 radical (unpaired) electrons. The van der Waals surface area contributed by atoms with E-state index in [-0.39, 0.29) is 11.6 Å².